The molecule has 0 radical (unpaired) electrons. The standard InChI is InChI=1S/C21H25N3O4/c1-22-21(26)15-5-2-6-16(11-15)23-13-20(25)24-17-7-3-8-18(12-17)28-14-19-9-4-10-27-19/h2-3,5-8,11-12,19,23H,4,9-10,13-14H2,1H3,(H,22,26)(H,24,25). The van der Waals surface area contributed by atoms with Crippen LogP contribution in [-0.2, 0) is 9.53 Å². The number of hydrogen-bond acceptors (Lipinski definition) is 5. The molecule has 1 saturated heterocycles. The lowest BCUT2D eigenvalue weighted by Gasteiger charge is -2.13. The van der Waals surface area contributed by atoms with Crippen LogP contribution in [0.4, 0.5) is 11.4 Å². The SMILES string of the molecule is CNC(=O)c1cccc(NCC(=O)Nc2cccc(OCC3CCCO3)c2)c1. The number of nitrogens with one attached hydrogen (secondary N) is 3. The molecule has 1 aliphatic rings. The number of carbonyl (C=O) groups is 2. The monoisotopic (exact) mass is 383 g/mol. The predicted molar refractivity (Wildman–Crippen MR) is 108 cm³/mol. The minimum atomic E-state index is -0.193. The Hall–Kier alpha value is -3.06. The molecule has 148 valence electrons. The van der Waals surface area contributed by atoms with Gasteiger partial charge in [0, 0.05) is 36.7 Å². The minimum Gasteiger partial charge on any atom is -0.491 e. The normalized spacial score (nSPS) is 15.7. The Balaban J connectivity index is 1.49. The van der Waals surface area contributed by atoms with Gasteiger partial charge in [0.25, 0.3) is 5.91 Å². The summed E-state index contributed by atoms with van der Waals surface area (Å²) < 4.78 is 11.3. The van der Waals surface area contributed by atoms with Crippen LogP contribution < -0.4 is 20.7 Å². The van der Waals surface area contributed by atoms with Crippen LogP contribution in [0.15, 0.2) is 48.5 Å². The van der Waals surface area contributed by atoms with Crippen LogP contribution in [0.5, 0.6) is 5.75 Å². The fourth-order valence-electron chi connectivity index (χ4n) is 2.93. The van der Waals surface area contributed by atoms with E-state index in [2.05, 4.69) is 16.0 Å². The molecule has 0 aliphatic carbocycles. The number of ether oxygens (including phenoxy) is 2. The van der Waals surface area contributed by atoms with E-state index < -0.39 is 0 Å². The number of amides is 2. The molecule has 7 heteroatoms. The van der Waals surface area contributed by atoms with Crippen LogP contribution in [-0.4, -0.2) is 44.7 Å². The summed E-state index contributed by atoms with van der Waals surface area (Å²) >= 11 is 0. The smallest absolute Gasteiger partial charge is 0.251 e. The molecule has 3 rings (SSSR count). The second-order valence-corrected chi connectivity index (χ2v) is 6.54. The van der Waals surface area contributed by atoms with E-state index in [0.29, 0.717) is 29.3 Å². The van der Waals surface area contributed by atoms with Gasteiger partial charge in [-0.25, -0.2) is 0 Å². The lowest BCUT2D eigenvalue weighted by Crippen LogP contribution is -2.22. The summed E-state index contributed by atoms with van der Waals surface area (Å²) in [7, 11) is 1.58. The van der Waals surface area contributed by atoms with Crippen LogP contribution in [0.2, 0.25) is 0 Å². The molecule has 1 unspecified atom stereocenters. The number of carbonyl (C=O) groups excluding carboxylic acids is 2. The van der Waals surface area contributed by atoms with Crippen molar-refractivity contribution in [1.29, 1.82) is 0 Å². The molecule has 0 bridgehead atoms. The molecule has 0 spiro atoms. The molecule has 2 amide bonds. The Morgan fingerprint density at radius 3 is 2.75 bits per heavy atom. The molecule has 1 heterocycles. The van der Waals surface area contributed by atoms with Gasteiger partial charge in [-0.15, -0.1) is 0 Å². The van der Waals surface area contributed by atoms with Crippen molar-refractivity contribution in [3.05, 3.63) is 54.1 Å². The Morgan fingerprint density at radius 1 is 1.14 bits per heavy atom. The van der Waals surface area contributed by atoms with Crippen molar-refractivity contribution in [3.63, 3.8) is 0 Å². The number of anilines is 2. The first-order valence-corrected chi connectivity index (χ1v) is 9.34. The van der Waals surface area contributed by atoms with Crippen LogP contribution in [0, 0.1) is 0 Å². The Kier molecular flexibility index (Phi) is 6.86. The molecule has 1 aliphatic heterocycles. The van der Waals surface area contributed by atoms with Gasteiger partial charge >= 0.3 is 0 Å². The van der Waals surface area contributed by atoms with E-state index in [1.807, 2.05) is 18.2 Å². The predicted octanol–water partition coefficient (Wildman–Crippen LogP) is 2.65. The van der Waals surface area contributed by atoms with Crippen molar-refractivity contribution in [1.82, 2.24) is 5.32 Å². The zero-order chi connectivity index (χ0) is 19.8. The second kappa shape index (κ2) is 9.75. The van der Waals surface area contributed by atoms with Gasteiger partial charge in [-0.1, -0.05) is 12.1 Å². The second-order valence-electron chi connectivity index (χ2n) is 6.54. The van der Waals surface area contributed by atoms with Crippen molar-refractivity contribution in [2.24, 2.45) is 0 Å². The average Bonchev–Trinajstić information content (AvgIpc) is 3.24. The van der Waals surface area contributed by atoms with Crippen LogP contribution >= 0.6 is 0 Å². The van der Waals surface area contributed by atoms with E-state index in [0.717, 1.165) is 19.4 Å². The van der Waals surface area contributed by atoms with Crippen LogP contribution in [0.25, 0.3) is 0 Å². The van der Waals surface area contributed by atoms with Crippen molar-refractivity contribution in [3.8, 4) is 5.75 Å². The van der Waals surface area contributed by atoms with Gasteiger partial charge < -0.3 is 25.4 Å². The Labute approximate surface area is 164 Å². The van der Waals surface area contributed by atoms with E-state index in [9.17, 15) is 9.59 Å². The van der Waals surface area contributed by atoms with E-state index in [-0.39, 0.29) is 24.5 Å². The minimum absolute atomic E-state index is 0.0815. The van der Waals surface area contributed by atoms with Gasteiger partial charge in [0.05, 0.1) is 12.6 Å². The quantitative estimate of drug-likeness (QED) is 0.652. The third-order valence-corrected chi connectivity index (χ3v) is 4.38. The van der Waals surface area contributed by atoms with Gasteiger partial charge in [0.15, 0.2) is 0 Å². The number of benzene rings is 2. The van der Waals surface area contributed by atoms with Gasteiger partial charge in [0.1, 0.15) is 12.4 Å². The summed E-state index contributed by atoms with van der Waals surface area (Å²) in [6.07, 6.45) is 2.24. The highest BCUT2D eigenvalue weighted by Gasteiger charge is 2.16. The molecule has 1 atom stereocenters. The van der Waals surface area contributed by atoms with Crippen molar-refractivity contribution >= 4 is 23.2 Å². The average molecular weight is 383 g/mol. The first-order chi connectivity index (χ1) is 13.6. The molecule has 2 aromatic rings. The first kappa shape index (κ1) is 19.7. The molecule has 1 fully saturated rings. The van der Waals surface area contributed by atoms with Crippen molar-refractivity contribution < 1.29 is 19.1 Å². The maximum absolute atomic E-state index is 12.2. The van der Waals surface area contributed by atoms with Gasteiger partial charge in [-0.05, 0) is 43.2 Å². The summed E-state index contributed by atoms with van der Waals surface area (Å²) in [5.74, 6) is 0.328. The van der Waals surface area contributed by atoms with E-state index in [1.165, 1.54) is 0 Å². The summed E-state index contributed by atoms with van der Waals surface area (Å²) in [6.45, 7) is 1.39. The van der Waals surface area contributed by atoms with E-state index in [1.54, 1.807) is 37.4 Å². The summed E-state index contributed by atoms with van der Waals surface area (Å²) in [6, 6.07) is 14.3. The topological polar surface area (TPSA) is 88.7 Å². The molecule has 0 saturated carbocycles. The Bertz CT molecular complexity index is 819. The fourth-order valence-corrected chi connectivity index (χ4v) is 2.93. The molecule has 2 aromatic carbocycles. The Morgan fingerprint density at radius 2 is 1.96 bits per heavy atom. The third kappa shape index (κ3) is 5.72. The highest BCUT2D eigenvalue weighted by atomic mass is 16.5. The molecular weight excluding hydrogens is 358 g/mol. The number of hydrogen-bond donors (Lipinski definition) is 3. The summed E-state index contributed by atoms with van der Waals surface area (Å²) in [5, 5.41) is 8.43. The molecule has 7 nitrogen and oxygen atoms in total. The summed E-state index contributed by atoms with van der Waals surface area (Å²) in [5.41, 5.74) is 1.89. The van der Waals surface area contributed by atoms with Gasteiger partial charge in [0.2, 0.25) is 5.91 Å². The maximum Gasteiger partial charge on any atom is 0.251 e. The van der Waals surface area contributed by atoms with Crippen molar-refractivity contribution in [2.45, 2.75) is 18.9 Å². The van der Waals surface area contributed by atoms with Gasteiger partial charge in [-0.3, -0.25) is 9.59 Å². The van der Waals surface area contributed by atoms with Crippen molar-refractivity contribution in [2.75, 3.05) is 37.4 Å². The van der Waals surface area contributed by atoms with E-state index >= 15 is 0 Å². The van der Waals surface area contributed by atoms with E-state index in [4.69, 9.17) is 9.47 Å². The lowest BCUT2D eigenvalue weighted by atomic mass is 10.2. The van der Waals surface area contributed by atoms with Gasteiger partial charge in [-0.2, -0.15) is 0 Å². The summed E-state index contributed by atoms with van der Waals surface area (Å²) in [4.78, 5) is 23.9. The van der Waals surface area contributed by atoms with Crippen LogP contribution in [0.3, 0.4) is 0 Å². The maximum atomic E-state index is 12.2. The number of rotatable bonds is 8. The molecule has 3 N–H and O–H groups in total. The first-order valence-electron chi connectivity index (χ1n) is 9.34. The fraction of sp³-hybridized carbons (Fsp3) is 0.333. The zero-order valence-electron chi connectivity index (χ0n) is 15.9. The highest BCUT2D eigenvalue weighted by Crippen LogP contribution is 2.20. The molecule has 0 aromatic heterocycles. The zero-order valence-corrected chi connectivity index (χ0v) is 15.9. The van der Waals surface area contributed by atoms with Crippen LogP contribution in [0.1, 0.15) is 23.2 Å². The largest absolute Gasteiger partial charge is 0.491 e. The molecular formula is C21H25N3O4. The molecule has 28 heavy (non-hydrogen) atoms. The highest BCUT2D eigenvalue weighted by molar-refractivity contribution is 5.96. The third-order valence-electron chi connectivity index (χ3n) is 4.38. The lowest BCUT2D eigenvalue weighted by molar-refractivity contribution is -0.114.